The zero-order valence-electron chi connectivity index (χ0n) is 11.5. The Balaban J connectivity index is 1.88. The van der Waals surface area contributed by atoms with Gasteiger partial charge in [0, 0.05) is 0 Å². The Labute approximate surface area is 121 Å². The van der Waals surface area contributed by atoms with E-state index >= 15 is 0 Å². The molecule has 0 saturated carbocycles. The third-order valence-electron chi connectivity index (χ3n) is 3.51. The van der Waals surface area contributed by atoms with Gasteiger partial charge < -0.3 is 10.5 Å². The Morgan fingerprint density at radius 1 is 1.05 bits per heavy atom. The van der Waals surface area contributed by atoms with Crippen LogP contribution in [0.15, 0.2) is 42.5 Å². The number of carbonyl (C=O) groups excluding carboxylic acids is 2. The van der Waals surface area contributed by atoms with E-state index in [1.807, 2.05) is 0 Å². The van der Waals surface area contributed by atoms with Crippen molar-refractivity contribution in [2.75, 3.05) is 12.8 Å². The fraction of sp³-hybridized carbons (Fsp3) is 0.125. The first kappa shape index (κ1) is 13.2. The molecule has 0 unspecified atom stereocenters. The standard InChI is InChI=1S/C16H14N2O3/c1-21-14-7-6-10(8-13(14)17)9-18-15(19)11-4-2-3-5-12(11)16(18)20/h2-8H,9,17H2,1H3. The molecule has 1 aliphatic rings. The lowest BCUT2D eigenvalue weighted by Crippen LogP contribution is -2.29. The largest absolute Gasteiger partial charge is 0.495 e. The van der Waals surface area contributed by atoms with E-state index in [9.17, 15) is 9.59 Å². The van der Waals surface area contributed by atoms with E-state index in [4.69, 9.17) is 10.5 Å². The van der Waals surface area contributed by atoms with Crippen LogP contribution in [0.2, 0.25) is 0 Å². The predicted molar refractivity (Wildman–Crippen MR) is 78.1 cm³/mol. The first-order valence-corrected chi connectivity index (χ1v) is 6.49. The second kappa shape index (κ2) is 4.94. The fourth-order valence-corrected chi connectivity index (χ4v) is 2.45. The minimum absolute atomic E-state index is 0.195. The van der Waals surface area contributed by atoms with Crippen LogP contribution < -0.4 is 10.5 Å². The Bertz CT molecular complexity index is 705. The van der Waals surface area contributed by atoms with Gasteiger partial charge in [0.2, 0.25) is 0 Å². The molecule has 2 N–H and O–H groups in total. The molecule has 0 aromatic heterocycles. The predicted octanol–water partition coefficient (Wildman–Crippen LogP) is 2.07. The Morgan fingerprint density at radius 2 is 1.67 bits per heavy atom. The van der Waals surface area contributed by atoms with Crippen molar-refractivity contribution in [3.05, 3.63) is 59.2 Å². The summed E-state index contributed by atoms with van der Waals surface area (Å²) in [5.74, 6) is 0.0242. The first-order chi connectivity index (χ1) is 10.1. The second-order valence-electron chi connectivity index (χ2n) is 4.82. The summed E-state index contributed by atoms with van der Waals surface area (Å²) < 4.78 is 5.09. The van der Waals surface area contributed by atoms with Gasteiger partial charge in [-0.25, -0.2) is 0 Å². The van der Waals surface area contributed by atoms with Crippen LogP contribution in [0.1, 0.15) is 26.3 Å². The number of anilines is 1. The third kappa shape index (κ3) is 2.12. The first-order valence-electron chi connectivity index (χ1n) is 6.49. The summed E-state index contributed by atoms with van der Waals surface area (Å²) in [5, 5.41) is 0. The number of carbonyl (C=O) groups is 2. The number of rotatable bonds is 3. The van der Waals surface area contributed by atoms with Crippen molar-refractivity contribution < 1.29 is 14.3 Å². The van der Waals surface area contributed by atoms with Gasteiger partial charge in [0.25, 0.3) is 11.8 Å². The maximum absolute atomic E-state index is 12.3. The van der Waals surface area contributed by atoms with Crippen molar-refractivity contribution in [2.24, 2.45) is 0 Å². The summed E-state index contributed by atoms with van der Waals surface area (Å²) in [4.78, 5) is 25.8. The van der Waals surface area contributed by atoms with E-state index in [0.29, 0.717) is 22.6 Å². The molecule has 106 valence electrons. The number of nitrogens with two attached hydrogens (primary N) is 1. The van der Waals surface area contributed by atoms with Crippen LogP contribution in [0.25, 0.3) is 0 Å². The van der Waals surface area contributed by atoms with E-state index in [0.717, 1.165) is 5.56 Å². The highest BCUT2D eigenvalue weighted by atomic mass is 16.5. The topological polar surface area (TPSA) is 72.6 Å². The smallest absolute Gasteiger partial charge is 0.261 e. The maximum atomic E-state index is 12.3. The molecular weight excluding hydrogens is 268 g/mol. The monoisotopic (exact) mass is 282 g/mol. The van der Waals surface area contributed by atoms with Gasteiger partial charge in [-0.15, -0.1) is 0 Å². The Hall–Kier alpha value is -2.82. The quantitative estimate of drug-likeness (QED) is 0.691. The number of amides is 2. The molecule has 0 saturated heterocycles. The van der Waals surface area contributed by atoms with Crippen LogP contribution >= 0.6 is 0 Å². The molecule has 0 spiro atoms. The SMILES string of the molecule is COc1ccc(CN2C(=O)c3ccccc3C2=O)cc1N. The number of benzene rings is 2. The summed E-state index contributed by atoms with van der Waals surface area (Å²) >= 11 is 0. The van der Waals surface area contributed by atoms with Gasteiger partial charge in [0.05, 0.1) is 30.5 Å². The fourth-order valence-electron chi connectivity index (χ4n) is 2.45. The van der Waals surface area contributed by atoms with E-state index < -0.39 is 0 Å². The van der Waals surface area contributed by atoms with Crippen LogP contribution in [-0.2, 0) is 6.54 Å². The molecule has 0 bridgehead atoms. The third-order valence-corrected chi connectivity index (χ3v) is 3.51. The van der Waals surface area contributed by atoms with E-state index in [1.54, 1.807) is 42.5 Å². The minimum atomic E-state index is -0.273. The van der Waals surface area contributed by atoms with Gasteiger partial charge in [0.15, 0.2) is 0 Å². The molecule has 21 heavy (non-hydrogen) atoms. The number of ether oxygens (including phenoxy) is 1. The van der Waals surface area contributed by atoms with E-state index in [1.165, 1.54) is 12.0 Å². The minimum Gasteiger partial charge on any atom is -0.495 e. The van der Waals surface area contributed by atoms with Gasteiger partial charge in [-0.2, -0.15) is 0 Å². The number of methoxy groups -OCH3 is 1. The molecule has 0 fully saturated rings. The van der Waals surface area contributed by atoms with Crippen molar-refractivity contribution in [3.63, 3.8) is 0 Å². The van der Waals surface area contributed by atoms with Crippen molar-refractivity contribution in [1.29, 1.82) is 0 Å². The zero-order chi connectivity index (χ0) is 15.0. The van der Waals surface area contributed by atoms with Gasteiger partial charge in [-0.1, -0.05) is 18.2 Å². The number of fused-ring (bicyclic) bond motifs is 1. The number of hydrogen-bond acceptors (Lipinski definition) is 4. The van der Waals surface area contributed by atoms with Crippen LogP contribution in [-0.4, -0.2) is 23.8 Å². The molecule has 0 radical (unpaired) electrons. The molecule has 1 heterocycles. The summed E-state index contributed by atoms with van der Waals surface area (Å²) in [7, 11) is 1.54. The number of imide groups is 1. The van der Waals surface area contributed by atoms with Gasteiger partial charge in [0.1, 0.15) is 5.75 Å². The maximum Gasteiger partial charge on any atom is 0.261 e. The highest BCUT2D eigenvalue weighted by Gasteiger charge is 2.34. The molecule has 2 aromatic rings. The van der Waals surface area contributed by atoms with Crippen LogP contribution in [0.5, 0.6) is 5.75 Å². The number of nitrogen functional groups attached to an aromatic ring is 1. The van der Waals surface area contributed by atoms with Crippen molar-refractivity contribution in [3.8, 4) is 5.75 Å². The van der Waals surface area contributed by atoms with Crippen LogP contribution in [0.3, 0.4) is 0 Å². The molecule has 5 heteroatoms. The summed E-state index contributed by atoms with van der Waals surface area (Å²) in [6.45, 7) is 0.195. The summed E-state index contributed by atoms with van der Waals surface area (Å²) in [6.07, 6.45) is 0. The average molecular weight is 282 g/mol. The van der Waals surface area contributed by atoms with Gasteiger partial charge in [-0.05, 0) is 29.8 Å². The molecule has 2 aromatic carbocycles. The molecule has 0 atom stereocenters. The summed E-state index contributed by atoms with van der Waals surface area (Å²) in [6, 6.07) is 12.1. The lowest BCUT2D eigenvalue weighted by molar-refractivity contribution is 0.0642. The van der Waals surface area contributed by atoms with Crippen LogP contribution in [0, 0.1) is 0 Å². The van der Waals surface area contributed by atoms with E-state index in [-0.39, 0.29) is 18.4 Å². The van der Waals surface area contributed by atoms with E-state index in [2.05, 4.69) is 0 Å². The second-order valence-corrected chi connectivity index (χ2v) is 4.82. The van der Waals surface area contributed by atoms with Crippen molar-refractivity contribution >= 4 is 17.5 Å². The van der Waals surface area contributed by atoms with Crippen molar-refractivity contribution in [2.45, 2.75) is 6.54 Å². The molecule has 1 aliphatic heterocycles. The molecule has 2 amide bonds. The zero-order valence-corrected chi connectivity index (χ0v) is 11.5. The van der Waals surface area contributed by atoms with Gasteiger partial charge >= 0.3 is 0 Å². The summed E-state index contributed by atoms with van der Waals surface area (Å²) in [5.41, 5.74) is 8.00. The number of nitrogens with zero attached hydrogens (tertiary/aromatic N) is 1. The lowest BCUT2D eigenvalue weighted by atomic mass is 10.1. The normalized spacial score (nSPS) is 13.5. The van der Waals surface area contributed by atoms with Gasteiger partial charge in [-0.3, -0.25) is 14.5 Å². The highest BCUT2D eigenvalue weighted by Crippen LogP contribution is 2.27. The number of hydrogen-bond donors (Lipinski definition) is 1. The molecular formula is C16H14N2O3. The Morgan fingerprint density at radius 3 is 2.19 bits per heavy atom. The highest BCUT2D eigenvalue weighted by molar-refractivity contribution is 6.21. The lowest BCUT2D eigenvalue weighted by Gasteiger charge is -2.15. The average Bonchev–Trinajstić information content (AvgIpc) is 2.73. The van der Waals surface area contributed by atoms with Crippen molar-refractivity contribution in [1.82, 2.24) is 4.90 Å². The molecule has 3 rings (SSSR count). The molecule has 5 nitrogen and oxygen atoms in total. The molecule has 0 aliphatic carbocycles. The Kier molecular flexibility index (Phi) is 3.10. The van der Waals surface area contributed by atoms with Crippen LogP contribution in [0.4, 0.5) is 5.69 Å².